The highest BCUT2D eigenvalue weighted by Crippen LogP contribution is 2.49. The summed E-state index contributed by atoms with van der Waals surface area (Å²) in [4.78, 5) is 56.1. The molecule has 0 aliphatic carbocycles. The molecule has 282 valence electrons. The van der Waals surface area contributed by atoms with Crippen molar-refractivity contribution in [2.45, 2.75) is 109 Å². The Hall–Kier alpha value is -3.65. The van der Waals surface area contributed by atoms with Gasteiger partial charge in [-0.25, -0.2) is 9.59 Å². The molecule has 0 radical (unpaired) electrons. The average molecular weight is 734 g/mol. The SMILES string of the molecule is COc1cc2cc(c1Cl)N(C)C(=O)CC(OC(=O)[C@H](C)N(C)C(=O)CC(C)C)[C@]1(C)O[C@H]1[C@H](C)[C@@H]1C[C@@](O)(NC(=O)O1)[C@H](OC)/C=C\C=C(\C)C2. The lowest BCUT2D eigenvalue weighted by Gasteiger charge is -2.42. The maximum absolute atomic E-state index is 14.1. The molecule has 3 aliphatic heterocycles. The Balaban J connectivity index is 1.77. The number of benzene rings is 1. The minimum atomic E-state index is -1.82. The monoisotopic (exact) mass is 733 g/mol. The molecule has 51 heavy (non-hydrogen) atoms. The van der Waals surface area contributed by atoms with Crippen LogP contribution in [0.4, 0.5) is 10.5 Å². The molecule has 4 rings (SSSR count). The van der Waals surface area contributed by atoms with Gasteiger partial charge in [0.05, 0.1) is 25.3 Å². The third-order valence-electron chi connectivity index (χ3n) is 10.1. The van der Waals surface area contributed by atoms with Gasteiger partial charge in [-0.1, -0.05) is 56.2 Å². The fraction of sp³-hybridized carbons (Fsp3) is 0.622. The number of esters is 1. The van der Waals surface area contributed by atoms with Gasteiger partial charge in [-0.2, -0.15) is 0 Å². The van der Waals surface area contributed by atoms with Crippen molar-refractivity contribution < 1.29 is 48.0 Å². The summed E-state index contributed by atoms with van der Waals surface area (Å²) in [5, 5.41) is 14.5. The third kappa shape index (κ3) is 8.88. The molecule has 3 amide bonds. The van der Waals surface area contributed by atoms with E-state index in [1.54, 1.807) is 52.1 Å². The molecular weight excluding hydrogens is 682 g/mol. The van der Waals surface area contributed by atoms with Crippen LogP contribution in [0.25, 0.3) is 0 Å². The number of hydrogen-bond donors (Lipinski definition) is 2. The van der Waals surface area contributed by atoms with Gasteiger partial charge < -0.3 is 38.6 Å². The lowest BCUT2D eigenvalue weighted by molar-refractivity contribution is -0.162. The van der Waals surface area contributed by atoms with E-state index in [-0.39, 0.29) is 36.1 Å². The summed E-state index contributed by atoms with van der Waals surface area (Å²) < 4.78 is 29.2. The van der Waals surface area contributed by atoms with Gasteiger partial charge >= 0.3 is 12.1 Å². The number of anilines is 1. The molecule has 1 unspecified atom stereocenters. The van der Waals surface area contributed by atoms with Crippen LogP contribution in [0.2, 0.25) is 5.02 Å². The standard InChI is InChI=1S/C37H52ClN3O10/c1-20(2)14-30(42)40(7)23(5)34(44)50-29-18-31(43)41(8)25-16-24(17-26(47-9)32(25)38)15-21(3)12-11-13-28(48-10)37(46)19-27(49-35(45)39-37)22(4)33-36(29,6)51-33/h11-13,16-17,20,22-23,27-29,33,46H,14-15,18-19H2,1-10H3,(H,39,45)/b13-11-,21-12-/t22-,23+,27+,28-,29?,33+,36+,37+/m1/s1. The molecule has 0 saturated carbocycles. The number of halogens is 1. The van der Waals surface area contributed by atoms with E-state index in [9.17, 15) is 24.3 Å². The summed E-state index contributed by atoms with van der Waals surface area (Å²) in [6.07, 6.45) is 1.26. The minimum Gasteiger partial charge on any atom is -0.495 e. The number of amides is 3. The van der Waals surface area contributed by atoms with Crippen LogP contribution in [0.5, 0.6) is 5.75 Å². The number of carbonyl (C=O) groups excluding carboxylic acids is 4. The van der Waals surface area contributed by atoms with Crippen molar-refractivity contribution in [2.75, 3.05) is 33.2 Å². The molecule has 3 heterocycles. The maximum Gasteiger partial charge on any atom is 0.409 e. The zero-order chi connectivity index (χ0) is 38.0. The van der Waals surface area contributed by atoms with Crippen molar-refractivity contribution in [2.24, 2.45) is 11.8 Å². The molecular formula is C37H52ClN3O10. The Morgan fingerprint density at radius 3 is 2.53 bits per heavy atom. The van der Waals surface area contributed by atoms with Crippen LogP contribution in [0.15, 0.2) is 35.9 Å². The molecule has 2 N–H and O–H groups in total. The molecule has 0 aromatic heterocycles. The topological polar surface area (TPSA) is 156 Å². The van der Waals surface area contributed by atoms with Crippen LogP contribution < -0.4 is 15.0 Å². The molecule has 2 fully saturated rings. The quantitative estimate of drug-likeness (QED) is 0.301. The minimum absolute atomic E-state index is 0.0442. The van der Waals surface area contributed by atoms with E-state index in [1.165, 1.54) is 31.1 Å². The van der Waals surface area contributed by atoms with Crippen molar-refractivity contribution in [1.29, 1.82) is 0 Å². The number of nitrogens with one attached hydrogen (secondary N) is 1. The summed E-state index contributed by atoms with van der Waals surface area (Å²) in [5.74, 6) is -1.41. The number of epoxide rings is 1. The van der Waals surface area contributed by atoms with E-state index in [4.69, 9.17) is 35.3 Å². The highest BCUT2D eigenvalue weighted by atomic mass is 35.5. The largest absolute Gasteiger partial charge is 0.495 e. The van der Waals surface area contributed by atoms with Crippen molar-refractivity contribution in [1.82, 2.24) is 10.2 Å². The van der Waals surface area contributed by atoms with Crippen LogP contribution in [0, 0.1) is 11.8 Å². The smallest absolute Gasteiger partial charge is 0.409 e. The van der Waals surface area contributed by atoms with Crippen molar-refractivity contribution >= 4 is 41.2 Å². The number of alkyl carbamates (subject to hydrolysis) is 1. The first kappa shape index (κ1) is 40.1. The van der Waals surface area contributed by atoms with E-state index < -0.39 is 65.7 Å². The molecule has 1 aromatic rings. The van der Waals surface area contributed by atoms with Gasteiger partial charge in [0.1, 0.15) is 40.7 Å². The first-order chi connectivity index (χ1) is 23.8. The highest BCUT2D eigenvalue weighted by Gasteiger charge is 2.64. The number of allylic oxidation sites excluding steroid dienone is 3. The molecule has 0 spiro atoms. The Morgan fingerprint density at radius 1 is 1.22 bits per heavy atom. The van der Waals surface area contributed by atoms with Crippen molar-refractivity contribution in [3.63, 3.8) is 0 Å². The van der Waals surface area contributed by atoms with Gasteiger partial charge in [-0.15, -0.1) is 0 Å². The lowest BCUT2D eigenvalue weighted by Crippen LogP contribution is -2.63. The second-order valence-electron chi connectivity index (χ2n) is 14.5. The average Bonchev–Trinajstić information content (AvgIpc) is 3.76. The predicted molar refractivity (Wildman–Crippen MR) is 190 cm³/mol. The molecule has 14 heteroatoms. The lowest BCUT2D eigenvalue weighted by atomic mass is 9.83. The van der Waals surface area contributed by atoms with Gasteiger partial charge in [0.15, 0.2) is 5.72 Å². The first-order valence-electron chi connectivity index (χ1n) is 17.2. The summed E-state index contributed by atoms with van der Waals surface area (Å²) in [6, 6.07) is 2.64. The third-order valence-corrected chi connectivity index (χ3v) is 10.5. The Morgan fingerprint density at radius 2 is 1.90 bits per heavy atom. The van der Waals surface area contributed by atoms with Gasteiger partial charge in [0.25, 0.3) is 0 Å². The van der Waals surface area contributed by atoms with Crippen molar-refractivity contribution in [3.05, 3.63) is 46.5 Å². The van der Waals surface area contributed by atoms with E-state index in [1.807, 2.05) is 26.8 Å². The van der Waals surface area contributed by atoms with Crippen LogP contribution in [-0.4, -0.2) is 104 Å². The molecule has 2 saturated heterocycles. The zero-order valence-electron chi connectivity index (χ0n) is 31.2. The van der Waals surface area contributed by atoms with Gasteiger partial charge in [-0.3, -0.25) is 14.9 Å². The Kier molecular flexibility index (Phi) is 12.5. The molecule has 3 aliphatic rings. The fourth-order valence-electron chi connectivity index (χ4n) is 6.71. The van der Waals surface area contributed by atoms with Crippen LogP contribution >= 0.6 is 11.6 Å². The number of rotatable bonds is 7. The van der Waals surface area contributed by atoms with Crippen molar-refractivity contribution in [3.8, 4) is 5.75 Å². The van der Waals surface area contributed by atoms with E-state index >= 15 is 0 Å². The van der Waals surface area contributed by atoms with Crippen LogP contribution in [0.3, 0.4) is 0 Å². The number of likely N-dealkylation sites (N-methyl/N-ethyl adjacent to an activating group) is 1. The molecule has 4 bridgehead atoms. The normalized spacial score (nSPS) is 32.1. The summed E-state index contributed by atoms with van der Waals surface area (Å²) in [6.45, 7) is 10.8. The van der Waals surface area contributed by atoms with Gasteiger partial charge in [0.2, 0.25) is 11.8 Å². The predicted octanol–water partition coefficient (Wildman–Crippen LogP) is 4.56. The van der Waals surface area contributed by atoms with E-state index in [2.05, 4.69) is 5.32 Å². The summed E-state index contributed by atoms with van der Waals surface area (Å²) >= 11 is 6.75. The van der Waals surface area contributed by atoms with Gasteiger partial charge in [0, 0.05) is 40.0 Å². The van der Waals surface area contributed by atoms with Gasteiger partial charge in [-0.05, 0) is 50.8 Å². The summed E-state index contributed by atoms with van der Waals surface area (Å²) in [7, 11) is 6.04. The molecule has 13 nitrogen and oxygen atoms in total. The second kappa shape index (κ2) is 15.9. The number of hydrogen-bond acceptors (Lipinski definition) is 10. The number of aliphatic hydroxyl groups is 1. The van der Waals surface area contributed by atoms with E-state index in [0.717, 1.165) is 11.1 Å². The number of nitrogens with zero attached hydrogens (tertiary/aromatic N) is 2. The summed E-state index contributed by atoms with van der Waals surface area (Å²) in [5.41, 5.74) is -0.878. The Labute approximate surface area is 305 Å². The maximum atomic E-state index is 14.1. The van der Waals surface area contributed by atoms with Crippen LogP contribution in [0.1, 0.15) is 66.4 Å². The first-order valence-corrected chi connectivity index (χ1v) is 17.6. The molecule has 8 atom stereocenters. The second-order valence-corrected chi connectivity index (χ2v) is 14.9. The highest BCUT2D eigenvalue weighted by molar-refractivity contribution is 6.35. The van der Waals surface area contributed by atoms with E-state index in [0.29, 0.717) is 17.9 Å². The Bertz CT molecular complexity index is 1560. The number of fused-ring (bicyclic) bond motifs is 5. The zero-order valence-corrected chi connectivity index (χ0v) is 31.9. The fourth-order valence-corrected chi connectivity index (χ4v) is 7.02. The molecule has 1 aromatic carbocycles. The number of ether oxygens (including phenoxy) is 5. The van der Waals surface area contributed by atoms with Crippen LogP contribution in [-0.2, 0) is 39.8 Å². The number of methoxy groups -OCH3 is 2. The number of carbonyl (C=O) groups is 4.